The summed E-state index contributed by atoms with van der Waals surface area (Å²) >= 11 is 0. The number of rotatable bonds is 4. The highest BCUT2D eigenvalue weighted by molar-refractivity contribution is 5.78. The molecule has 0 aliphatic rings. The minimum absolute atomic E-state index is 0.0203. The molecule has 6 nitrogen and oxygen atoms in total. The molecule has 102 valence electrons. The summed E-state index contributed by atoms with van der Waals surface area (Å²) in [5.74, 6) is 1.11. The third-order valence-electron chi connectivity index (χ3n) is 2.47. The lowest BCUT2D eigenvalue weighted by Gasteiger charge is -2.25. The van der Waals surface area contributed by atoms with Gasteiger partial charge < -0.3 is 9.84 Å². The molecule has 0 aromatic carbocycles. The summed E-state index contributed by atoms with van der Waals surface area (Å²) in [6.45, 7) is 9.85. The zero-order valence-corrected chi connectivity index (χ0v) is 11.9. The van der Waals surface area contributed by atoms with Crippen LogP contribution in [-0.2, 0) is 4.79 Å². The van der Waals surface area contributed by atoms with E-state index in [1.807, 2.05) is 39.6 Å². The second-order valence-electron chi connectivity index (χ2n) is 5.57. The van der Waals surface area contributed by atoms with Gasteiger partial charge in [-0.1, -0.05) is 5.16 Å². The molecule has 1 unspecified atom stereocenters. The Labute approximate surface area is 108 Å². The van der Waals surface area contributed by atoms with Crippen LogP contribution in [0.3, 0.4) is 0 Å². The average Bonchev–Trinajstić information content (AvgIpc) is 2.60. The number of aromatic nitrogens is 2. The maximum Gasteiger partial charge on any atom is 0.243 e. The fourth-order valence-electron chi connectivity index (χ4n) is 1.49. The molecule has 1 aromatic rings. The lowest BCUT2D eigenvalue weighted by Crippen LogP contribution is -2.45. The first-order valence-corrected chi connectivity index (χ1v) is 6.00. The van der Waals surface area contributed by atoms with Crippen LogP contribution in [0.25, 0.3) is 0 Å². The van der Waals surface area contributed by atoms with Gasteiger partial charge in [0.25, 0.3) is 0 Å². The molecular weight excluding hydrogens is 232 g/mol. The molecule has 0 aliphatic carbocycles. The van der Waals surface area contributed by atoms with Gasteiger partial charge >= 0.3 is 0 Å². The highest BCUT2D eigenvalue weighted by Crippen LogP contribution is 2.15. The summed E-state index contributed by atoms with van der Waals surface area (Å²) in [6.07, 6.45) is 0. The van der Waals surface area contributed by atoms with Crippen molar-refractivity contribution >= 4 is 5.91 Å². The Morgan fingerprint density at radius 1 is 1.50 bits per heavy atom. The number of aryl methyl sites for hydroxylation is 1. The Morgan fingerprint density at radius 2 is 2.11 bits per heavy atom. The van der Waals surface area contributed by atoms with Crippen molar-refractivity contribution < 1.29 is 9.32 Å². The predicted molar refractivity (Wildman–Crippen MR) is 68.0 cm³/mol. The van der Waals surface area contributed by atoms with Crippen LogP contribution in [0.5, 0.6) is 0 Å². The maximum absolute atomic E-state index is 11.8. The second-order valence-corrected chi connectivity index (χ2v) is 5.57. The van der Waals surface area contributed by atoms with E-state index in [0.717, 1.165) is 0 Å². The standard InChI is InChI=1S/C12H22N4O2/c1-8(11-13-9(2)15-18-11)16(6)7-10(17)14-12(3,4)5/h8H,7H2,1-6H3,(H,14,17). The lowest BCUT2D eigenvalue weighted by molar-refractivity contribution is -0.123. The van der Waals surface area contributed by atoms with Crippen molar-refractivity contribution in [2.45, 2.75) is 46.2 Å². The third kappa shape index (κ3) is 4.44. The average molecular weight is 254 g/mol. The Hall–Kier alpha value is -1.43. The van der Waals surface area contributed by atoms with Gasteiger partial charge in [0.05, 0.1) is 12.6 Å². The topological polar surface area (TPSA) is 71.3 Å². The normalized spacial score (nSPS) is 13.7. The fourth-order valence-corrected chi connectivity index (χ4v) is 1.49. The molecule has 1 N–H and O–H groups in total. The van der Waals surface area contributed by atoms with E-state index in [4.69, 9.17) is 4.52 Å². The molecular formula is C12H22N4O2. The highest BCUT2D eigenvalue weighted by Gasteiger charge is 2.21. The van der Waals surface area contributed by atoms with Crippen LogP contribution in [-0.4, -0.2) is 40.1 Å². The van der Waals surface area contributed by atoms with Gasteiger partial charge in [-0.15, -0.1) is 0 Å². The number of nitrogens with zero attached hydrogens (tertiary/aromatic N) is 3. The summed E-state index contributed by atoms with van der Waals surface area (Å²) in [5, 5.41) is 6.66. The molecule has 0 spiro atoms. The fraction of sp³-hybridized carbons (Fsp3) is 0.750. The molecule has 1 aromatic heterocycles. The van der Waals surface area contributed by atoms with Gasteiger partial charge in [-0.2, -0.15) is 4.98 Å². The molecule has 1 rings (SSSR count). The molecule has 1 atom stereocenters. The van der Waals surface area contributed by atoms with E-state index in [2.05, 4.69) is 15.5 Å². The van der Waals surface area contributed by atoms with Crippen molar-refractivity contribution in [3.8, 4) is 0 Å². The summed E-state index contributed by atoms with van der Waals surface area (Å²) in [6, 6.07) is -0.0862. The third-order valence-corrected chi connectivity index (χ3v) is 2.47. The summed E-state index contributed by atoms with van der Waals surface area (Å²) in [4.78, 5) is 17.8. The first-order chi connectivity index (χ1) is 8.19. The number of amides is 1. The molecule has 18 heavy (non-hydrogen) atoms. The van der Waals surface area contributed by atoms with E-state index in [1.54, 1.807) is 6.92 Å². The number of hydrogen-bond acceptors (Lipinski definition) is 5. The maximum atomic E-state index is 11.8. The summed E-state index contributed by atoms with van der Waals surface area (Å²) < 4.78 is 5.10. The number of nitrogens with one attached hydrogen (secondary N) is 1. The van der Waals surface area contributed by atoms with Crippen LogP contribution >= 0.6 is 0 Å². The zero-order valence-electron chi connectivity index (χ0n) is 11.9. The highest BCUT2D eigenvalue weighted by atomic mass is 16.5. The molecule has 1 heterocycles. The van der Waals surface area contributed by atoms with Gasteiger partial charge in [-0.25, -0.2) is 0 Å². The van der Waals surface area contributed by atoms with Crippen LogP contribution in [0.4, 0.5) is 0 Å². The molecule has 0 saturated heterocycles. The van der Waals surface area contributed by atoms with Crippen LogP contribution < -0.4 is 5.32 Å². The van der Waals surface area contributed by atoms with Crippen molar-refractivity contribution in [2.24, 2.45) is 0 Å². The number of likely N-dealkylation sites (N-methyl/N-ethyl adjacent to an activating group) is 1. The van der Waals surface area contributed by atoms with E-state index in [9.17, 15) is 4.79 Å². The van der Waals surface area contributed by atoms with E-state index in [0.29, 0.717) is 18.3 Å². The quantitative estimate of drug-likeness (QED) is 0.876. The Balaban J connectivity index is 2.55. The molecule has 0 bridgehead atoms. The molecule has 0 saturated carbocycles. The van der Waals surface area contributed by atoms with Crippen molar-refractivity contribution in [1.29, 1.82) is 0 Å². The number of hydrogen-bond donors (Lipinski definition) is 1. The smallest absolute Gasteiger partial charge is 0.243 e. The van der Waals surface area contributed by atoms with E-state index >= 15 is 0 Å². The first kappa shape index (κ1) is 14.6. The number of carbonyl (C=O) groups excluding carboxylic acids is 1. The Bertz CT molecular complexity index is 408. The van der Waals surface area contributed by atoms with E-state index < -0.39 is 0 Å². The van der Waals surface area contributed by atoms with Crippen molar-refractivity contribution in [3.05, 3.63) is 11.7 Å². The van der Waals surface area contributed by atoms with Crippen LogP contribution in [0.2, 0.25) is 0 Å². The predicted octanol–water partition coefficient (Wildman–Crippen LogP) is 1.29. The minimum Gasteiger partial charge on any atom is -0.350 e. The number of carbonyl (C=O) groups is 1. The monoisotopic (exact) mass is 254 g/mol. The van der Waals surface area contributed by atoms with Gasteiger partial charge in [0.2, 0.25) is 11.8 Å². The molecule has 0 radical (unpaired) electrons. The molecule has 0 fully saturated rings. The van der Waals surface area contributed by atoms with Gasteiger partial charge in [0.1, 0.15) is 0 Å². The van der Waals surface area contributed by atoms with Gasteiger partial charge in [-0.3, -0.25) is 9.69 Å². The van der Waals surface area contributed by atoms with Crippen LogP contribution in [0.1, 0.15) is 45.5 Å². The summed E-state index contributed by atoms with van der Waals surface area (Å²) in [5.41, 5.74) is -0.220. The Kier molecular flexibility index (Phi) is 4.45. The van der Waals surface area contributed by atoms with Crippen molar-refractivity contribution in [3.63, 3.8) is 0 Å². The zero-order chi connectivity index (χ0) is 13.9. The van der Waals surface area contributed by atoms with Crippen molar-refractivity contribution in [2.75, 3.05) is 13.6 Å². The van der Waals surface area contributed by atoms with Gasteiger partial charge in [-0.05, 0) is 41.7 Å². The molecule has 6 heteroatoms. The minimum atomic E-state index is -0.220. The summed E-state index contributed by atoms with van der Waals surface area (Å²) in [7, 11) is 1.85. The van der Waals surface area contributed by atoms with Crippen LogP contribution in [0, 0.1) is 6.92 Å². The van der Waals surface area contributed by atoms with E-state index in [1.165, 1.54) is 0 Å². The first-order valence-electron chi connectivity index (χ1n) is 6.00. The van der Waals surface area contributed by atoms with E-state index in [-0.39, 0.29) is 17.5 Å². The molecule has 1 amide bonds. The van der Waals surface area contributed by atoms with Gasteiger partial charge in [0, 0.05) is 5.54 Å². The van der Waals surface area contributed by atoms with Gasteiger partial charge in [0.15, 0.2) is 5.82 Å². The van der Waals surface area contributed by atoms with Crippen molar-refractivity contribution in [1.82, 2.24) is 20.4 Å². The SMILES string of the molecule is Cc1noc(C(C)N(C)CC(=O)NC(C)(C)C)n1. The lowest BCUT2D eigenvalue weighted by atomic mass is 10.1. The second kappa shape index (κ2) is 5.48. The largest absolute Gasteiger partial charge is 0.350 e. The molecule has 0 aliphatic heterocycles. The Morgan fingerprint density at radius 3 is 2.56 bits per heavy atom. The van der Waals surface area contributed by atoms with Crippen LogP contribution in [0.15, 0.2) is 4.52 Å².